The van der Waals surface area contributed by atoms with Gasteiger partial charge in [-0.25, -0.2) is 16.8 Å². The van der Waals surface area contributed by atoms with E-state index in [0.717, 1.165) is 36.5 Å². The molecule has 0 unspecified atom stereocenters. The molecule has 4 aliphatic rings. The molecular weight excluding hydrogens is 1140 g/mol. The van der Waals surface area contributed by atoms with Gasteiger partial charge in [0, 0.05) is 45.8 Å². The number of aryl methyl sites for hydroxylation is 2. The third-order valence-corrected chi connectivity index (χ3v) is 13.2. The van der Waals surface area contributed by atoms with Gasteiger partial charge >= 0.3 is 118 Å². The number of aliphatic carboxylic acids is 2. The summed E-state index contributed by atoms with van der Waals surface area (Å²) < 4.78 is 86.7. The number of anilines is 6. The number of hydrazone groups is 4. The number of ketones is 4. The SMILES string of the molecule is COc1cc(N/N=C2/C=CC(=O)C(C(=O)[O-])=C2)c(C)cc1N/N=C1/C(=O)c2ccc(Nc3ccc4c(c3)C=C(S(=O)(=O)[O-])/C(=N/Nc3cc(C)c(N/N=C5\C=CC(=O)C(C(=O)[O-])=C5)cc3OC)C4=O)cc2C=C1S(=O)(=O)[O-].[Na+].[Na+].[Na+].[Na+]. The Morgan fingerprint density at radius 2 is 0.852 bits per heavy atom. The van der Waals surface area contributed by atoms with Crippen LogP contribution in [0.15, 0.2) is 138 Å². The number of fused-ring (bicyclic) bond motifs is 2. The number of allylic oxidation sites excluding steroid dienone is 8. The Labute approximate surface area is 549 Å². The Balaban J connectivity index is 0.00000353. The van der Waals surface area contributed by atoms with Crippen molar-refractivity contribution in [1.29, 1.82) is 0 Å². The third-order valence-electron chi connectivity index (χ3n) is 11.5. The fourth-order valence-electron chi connectivity index (χ4n) is 7.70. The molecule has 0 heterocycles. The Kier molecular flexibility index (Phi) is 23.2. The van der Waals surface area contributed by atoms with Gasteiger partial charge in [-0.05, 0) is 133 Å². The van der Waals surface area contributed by atoms with Crippen molar-refractivity contribution in [2.45, 2.75) is 13.8 Å². The number of nitrogens with one attached hydrogen (secondary N) is 5. The molecule has 31 heteroatoms. The summed E-state index contributed by atoms with van der Waals surface area (Å²) in [5.74, 6) is -6.58. The number of methoxy groups -OCH3 is 2. The molecular formula is C50H35N9Na4O16S2. The molecule has 0 atom stereocenters. The van der Waals surface area contributed by atoms with Crippen molar-refractivity contribution >= 4 is 124 Å². The molecule has 25 nitrogen and oxygen atoms in total. The first kappa shape index (κ1) is 67.5. The number of carboxylic acids is 2. The van der Waals surface area contributed by atoms with Gasteiger partial charge in [0.1, 0.15) is 43.2 Å². The van der Waals surface area contributed by atoms with Gasteiger partial charge in [0.25, 0.3) is 0 Å². The predicted molar refractivity (Wildman–Crippen MR) is 274 cm³/mol. The van der Waals surface area contributed by atoms with Crippen molar-refractivity contribution in [3.63, 3.8) is 0 Å². The molecule has 392 valence electrons. The molecule has 0 amide bonds. The van der Waals surface area contributed by atoms with E-state index in [1.807, 2.05) is 0 Å². The minimum Gasteiger partial charge on any atom is -0.744 e. The average molecular weight is 1170 g/mol. The second-order valence-corrected chi connectivity index (χ2v) is 19.3. The second kappa shape index (κ2) is 27.9. The number of carbonyl (C=O) groups excluding carboxylic acids is 6. The molecule has 8 rings (SSSR count). The van der Waals surface area contributed by atoms with Gasteiger partial charge in [-0.1, -0.05) is 0 Å². The predicted octanol–water partition coefficient (Wildman–Crippen LogP) is -9.65. The zero-order chi connectivity index (χ0) is 55.7. The zero-order valence-corrected chi connectivity index (χ0v) is 53.7. The van der Waals surface area contributed by atoms with Crippen LogP contribution in [-0.2, 0) is 39.4 Å². The molecule has 4 aromatic rings. The van der Waals surface area contributed by atoms with E-state index in [0.29, 0.717) is 22.5 Å². The van der Waals surface area contributed by atoms with Crippen LogP contribution in [0.25, 0.3) is 12.2 Å². The quantitative estimate of drug-likeness (QED) is 0.0229. The van der Waals surface area contributed by atoms with Crippen molar-refractivity contribution in [1.82, 2.24) is 0 Å². The van der Waals surface area contributed by atoms with Gasteiger partial charge in [-0.2, -0.15) is 20.4 Å². The molecule has 4 aliphatic carbocycles. The van der Waals surface area contributed by atoms with Crippen LogP contribution < -0.4 is 165 Å². The molecule has 0 saturated carbocycles. The van der Waals surface area contributed by atoms with E-state index in [2.05, 4.69) is 47.4 Å². The van der Waals surface area contributed by atoms with Crippen LogP contribution in [0.2, 0.25) is 0 Å². The number of hydrogen-bond donors (Lipinski definition) is 5. The van der Waals surface area contributed by atoms with Gasteiger partial charge in [0.05, 0.1) is 70.1 Å². The Bertz CT molecular complexity index is 3690. The minimum atomic E-state index is -5.36. The average Bonchev–Trinajstić information content (AvgIpc) is 3.41. The summed E-state index contributed by atoms with van der Waals surface area (Å²) >= 11 is 0. The number of carboxylic acid groups (broad SMARTS) is 2. The summed E-state index contributed by atoms with van der Waals surface area (Å²) in [6.45, 7) is 3.26. The van der Waals surface area contributed by atoms with Gasteiger partial charge in [0.15, 0.2) is 11.6 Å². The zero-order valence-electron chi connectivity index (χ0n) is 44.0. The van der Waals surface area contributed by atoms with Crippen molar-refractivity contribution in [2.24, 2.45) is 20.4 Å². The fraction of sp³-hybridized carbons (Fsp3) is 0.0800. The molecule has 0 saturated heterocycles. The normalized spacial score (nSPS) is 16.4. The number of Topliss-reactive ketones (excluding diaryl/α,β-unsaturated/α-hetero) is 2. The van der Waals surface area contributed by atoms with E-state index >= 15 is 0 Å². The van der Waals surface area contributed by atoms with Crippen LogP contribution in [0, 0.1) is 13.8 Å². The maximum absolute atomic E-state index is 13.9. The molecule has 5 N–H and O–H groups in total. The standard InChI is InChI=1S/C50H39N9O16S2.4Na/c1-23-13-37(41(74-3)21-35(23)54-52-29-7-11-39(60)33(19-29)49(64)65)56-58-45-43(76(68,69)70)17-25-15-27(5-9-31(25)47(45)62)51-28-6-10-32-26(16-28)18-44(77(71,72)73)46(48(32)63)59-57-38-14-24(2)36(22-42(38)75-4)55-53-30-8-12-40(61)34(20-30)50(66)67;;;;/h5-22,51,54-57H,1-4H3,(H,64,65)(H,66,67)(H,68,69,70)(H,71,72,73);;;;/q;4*+1/p-4/b52-29-,53-30+,58-45+,59-46-;;;;. The first-order valence-electron chi connectivity index (χ1n) is 22.0. The first-order chi connectivity index (χ1) is 36.4. The van der Waals surface area contributed by atoms with Crippen molar-refractivity contribution < 1.29 is 193 Å². The minimum absolute atomic E-state index is 0. The van der Waals surface area contributed by atoms with E-state index < -0.39 is 87.7 Å². The molecule has 0 fully saturated rings. The van der Waals surface area contributed by atoms with Gasteiger partial charge in [-0.3, -0.25) is 40.9 Å². The van der Waals surface area contributed by atoms with E-state index in [1.165, 1.54) is 87.0 Å². The number of ether oxygens (including phenoxy) is 2. The summed E-state index contributed by atoms with van der Waals surface area (Å²) in [4.78, 5) is 72.0. The fourth-order valence-corrected chi connectivity index (χ4v) is 8.99. The van der Waals surface area contributed by atoms with E-state index in [4.69, 9.17) is 9.47 Å². The monoisotopic (exact) mass is 1170 g/mol. The van der Waals surface area contributed by atoms with Crippen molar-refractivity contribution in [2.75, 3.05) is 41.2 Å². The molecule has 81 heavy (non-hydrogen) atoms. The maximum atomic E-state index is 13.9. The first-order valence-corrected chi connectivity index (χ1v) is 24.8. The number of carbonyl (C=O) groups is 6. The van der Waals surface area contributed by atoms with Gasteiger partial charge < -0.3 is 43.7 Å². The van der Waals surface area contributed by atoms with Crippen molar-refractivity contribution in [3.05, 3.63) is 151 Å². The molecule has 4 aromatic carbocycles. The van der Waals surface area contributed by atoms with Gasteiger partial charge in [0.2, 0.25) is 11.6 Å². The van der Waals surface area contributed by atoms with Crippen LogP contribution >= 0.6 is 0 Å². The molecule has 0 aromatic heterocycles. The Hall–Kier alpha value is -5.96. The van der Waals surface area contributed by atoms with Crippen LogP contribution in [0.5, 0.6) is 11.5 Å². The summed E-state index contributed by atoms with van der Waals surface area (Å²) in [6, 6.07) is 14.1. The number of hydrogen-bond acceptors (Lipinski definition) is 25. The molecule has 0 radical (unpaired) electrons. The summed E-state index contributed by atoms with van der Waals surface area (Å²) in [7, 11) is -8.12. The summed E-state index contributed by atoms with van der Waals surface area (Å²) in [6.07, 6.45) is 8.55. The number of nitrogens with zero attached hydrogens (tertiary/aromatic N) is 4. The summed E-state index contributed by atoms with van der Waals surface area (Å²) in [5.41, 5.74) is 10.4. The third kappa shape index (κ3) is 15.4. The Morgan fingerprint density at radius 1 is 0.494 bits per heavy atom. The number of benzene rings is 4. The van der Waals surface area contributed by atoms with E-state index in [9.17, 15) is 64.9 Å². The topological polar surface area (TPSA) is 391 Å². The maximum Gasteiger partial charge on any atom is 1.00 e. The smallest absolute Gasteiger partial charge is 0.744 e. The largest absolute Gasteiger partial charge is 1.00 e. The second-order valence-electron chi connectivity index (χ2n) is 16.6. The van der Waals surface area contributed by atoms with Crippen molar-refractivity contribution in [3.8, 4) is 11.5 Å². The molecule has 0 aliphatic heterocycles. The van der Waals surface area contributed by atoms with Gasteiger partial charge in [-0.15, -0.1) is 0 Å². The molecule has 0 bridgehead atoms. The summed E-state index contributed by atoms with van der Waals surface area (Å²) in [5, 5.41) is 41.8. The molecule has 0 spiro atoms. The van der Waals surface area contributed by atoms with Crippen LogP contribution in [0.4, 0.5) is 34.1 Å². The van der Waals surface area contributed by atoms with E-state index in [1.54, 1.807) is 13.8 Å². The van der Waals surface area contributed by atoms with Crippen LogP contribution in [0.3, 0.4) is 0 Å². The van der Waals surface area contributed by atoms with E-state index in [-0.39, 0.29) is 186 Å². The number of rotatable bonds is 16. The van der Waals surface area contributed by atoms with Crippen LogP contribution in [0.1, 0.15) is 43.0 Å². The Morgan fingerprint density at radius 3 is 1.19 bits per heavy atom. The van der Waals surface area contributed by atoms with Crippen LogP contribution in [-0.4, -0.2) is 98.1 Å².